The van der Waals surface area contributed by atoms with Gasteiger partial charge < -0.3 is 15.1 Å². The summed E-state index contributed by atoms with van der Waals surface area (Å²) in [5, 5.41) is 18.9. The van der Waals surface area contributed by atoms with E-state index in [1.807, 2.05) is 18.2 Å². The molecule has 1 heterocycles. The molecule has 1 aliphatic heterocycles. The highest BCUT2D eigenvalue weighted by Gasteiger charge is 2.23. The maximum Gasteiger partial charge on any atom is 0.225 e. The van der Waals surface area contributed by atoms with Gasteiger partial charge in [-0.3, -0.25) is 9.69 Å². The Hall–Kier alpha value is -1.43. The number of benzene rings is 1. The van der Waals surface area contributed by atoms with Gasteiger partial charge in [-0.05, 0) is 5.56 Å². The normalized spacial score (nSPS) is 20.7. The molecule has 1 aliphatic rings. The number of carbonyl (C=O) groups is 1. The number of nitrogens with zero attached hydrogens (tertiary/aromatic N) is 2. The first-order chi connectivity index (χ1) is 9.69. The molecule has 1 amide bonds. The van der Waals surface area contributed by atoms with Crippen molar-refractivity contribution in [3.05, 3.63) is 35.9 Å². The summed E-state index contributed by atoms with van der Waals surface area (Å²) in [5.74, 6) is -0.0897. The lowest BCUT2D eigenvalue weighted by molar-refractivity contribution is -0.132. The van der Waals surface area contributed by atoms with Gasteiger partial charge in [0.25, 0.3) is 0 Å². The molecule has 0 saturated carbocycles. The van der Waals surface area contributed by atoms with E-state index in [-0.39, 0.29) is 18.9 Å². The molecular weight excluding hydrogens is 256 g/mol. The first-order valence-electron chi connectivity index (χ1n) is 7.02. The SMILES string of the molecule is O=C(CCO)N1CCN(Cc2ccccc2)CC(O)C1. The molecule has 1 unspecified atom stereocenters. The topological polar surface area (TPSA) is 64.0 Å². The van der Waals surface area contributed by atoms with E-state index >= 15 is 0 Å². The zero-order chi connectivity index (χ0) is 14.4. The third-order valence-corrected chi connectivity index (χ3v) is 3.51. The average Bonchev–Trinajstić information content (AvgIpc) is 2.62. The van der Waals surface area contributed by atoms with E-state index in [0.717, 1.165) is 13.1 Å². The molecule has 5 heteroatoms. The minimum absolute atomic E-state index is 0.0897. The van der Waals surface area contributed by atoms with Gasteiger partial charge >= 0.3 is 0 Å². The molecule has 0 spiro atoms. The minimum atomic E-state index is -0.538. The van der Waals surface area contributed by atoms with Crippen LogP contribution in [0.25, 0.3) is 0 Å². The van der Waals surface area contributed by atoms with Gasteiger partial charge in [0, 0.05) is 39.1 Å². The summed E-state index contributed by atoms with van der Waals surface area (Å²) in [6, 6.07) is 10.1. The molecule has 2 N–H and O–H groups in total. The molecule has 1 saturated heterocycles. The molecule has 0 aliphatic carbocycles. The Morgan fingerprint density at radius 3 is 2.65 bits per heavy atom. The van der Waals surface area contributed by atoms with Crippen molar-refractivity contribution in [2.45, 2.75) is 19.1 Å². The standard InChI is InChI=1S/C15H22N2O3/c18-9-6-15(20)17-8-7-16(11-14(19)12-17)10-13-4-2-1-3-5-13/h1-5,14,18-19H,6-12H2. The summed E-state index contributed by atoms with van der Waals surface area (Å²) in [7, 11) is 0. The van der Waals surface area contributed by atoms with E-state index in [0.29, 0.717) is 19.6 Å². The van der Waals surface area contributed by atoms with E-state index in [9.17, 15) is 9.90 Å². The number of aliphatic hydroxyl groups is 2. The van der Waals surface area contributed by atoms with Crippen LogP contribution in [0.15, 0.2) is 30.3 Å². The molecule has 110 valence electrons. The van der Waals surface area contributed by atoms with Gasteiger partial charge in [0.2, 0.25) is 5.91 Å². The van der Waals surface area contributed by atoms with Gasteiger partial charge in [-0.15, -0.1) is 0 Å². The van der Waals surface area contributed by atoms with Crippen LogP contribution in [0.3, 0.4) is 0 Å². The Kier molecular flexibility index (Phi) is 5.52. The van der Waals surface area contributed by atoms with E-state index in [2.05, 4.69) is 17.0 Å². The van der Waals surface area contributed by atoms with Gasteiger partial charge in [-0.1, -0.05) is 30.3 Å². The zero-order valence-corrected chi connectivity index (χ0v) is 11.6. The predicted molar refractivity (Wildman–Crippen MR) is 76.0 cm³/mol. The number of aliphatic hydroxyl groups excluding tert-OH is 2. The van der Waals surface area contributed by atoms with Crippen molar-refractivity contribution < 1.29 is 15.0 Å². The van der Waals surface area contributed by atoms with Gasteiger partial charge in [-0.2, -0.15) is 0 Å². The van der Waals surface area contributed by atoms with Crippen molar-refractivity contribution in [1.29, 1.82) is 0 Å². The van der Waals surface area contributed by atoms with Crippen molar-refractivity contribution in [3.63, 3.8) is 0 Å². The summed E-state index contributed by atoms with van der Waals surface area (Å²) in [4.78, 5) is 15.6. The van der Waals surface area contributed by atoms with Crippen molar-refractivity contribution in [2.75, 3.05) is 32.8 Å². The fourth-order valence-electron chi connectivity index (χ4n) is 2.52. The lowest BCUT2D eigenvalue weighted by Gasteiger charge is -2.21. The second kappa shape index (κ2) is 7.38. The van der Waals surface area contributed by atoms with Crippen molar-refractivity contribution >= 4 is 5.91 Å². The van der Waals surface area contributed by atoms with Crippen LogP contribution in [0.1, 0.15) is 12.0 Å². The lowest BCUT2D eigenvalue weighted by atomic mass is 10.2. The average molecular weight is 278 g/mol. The fourth-order valence-corrected chi connectivity index (χ4v) is 2.52. The summed E-state index contributed by atoms with van der Waals surface area (Å²) in [6.07, 6.45) is -0.408. The van der Waals surface area contributed by atoms with Crippen LogP contribution in [0.2, 0.25) is 0 Å². The lowest BCUT2D eigenvalue weighted by Crippen LogP contribution is -2.37. The van der Waals surface area contributed by atoms with E-state index in [1.54, 1.807) is 4.90 Å². The summed E-state index contributed by atoms with van der Waals surface area (Å²) < 4.78 is 0. The summed E-state index contributed by atoms with van der Waals surface area (Å²) >= 11 is 0. The Labute approximate surface area is 119 Å². The number of rotatable bonds is 4. The summed E-state index contributed by atoms with van der Waals surface area (Å²) in [6.45, 7) is 2.90. The molecule has 0 bridgehead atoms. The van der Waals surface area contributed by atoms with Crippen LogP contribution in [-0.2, 0) is 11.3 Å². The quantitative estimate of drug-likeness (QED) is 0.818. The first kappa shape index (κ1) is 15.0. The number of hydrogen-bond acceptors (Lipinski definition) is 4. The Bertz CT molecular complexity index is 424. The molecule has 1 aromatic carbocycles. The smallest absolute Gasteiger partial charge is 0.225 e. The number of amides is 1. The van der Waals surface area contributed by atoms with Crippen LogP contribution in [0.4, 0.5) is 0 Å². The molecule has 5 nitrogen and oxygen atoms in total. The van der Waals surface area contributed by atoms with Gasteiger partial charge in [-0.25, -0.2) is 0 Å². The van der Waals surface area contributed by atoms with E-state index in [1.165, 1.54) is 5.56 Å². The zero-order valence-electron chi connectivity index (χ0n) is 11.6. The predicted octanol–water partition coefficient (Wildman–Crippen LogP) is 0.0741. The molecule has 1 fully saturated rings. The third-order valence-electron chi connectivity index (χ3n) is 3.51. The minimum Gasteiger partial charge on any atom is -0.396 e. The molecular formula is C15H22N2O3. The van der Waals surface area contributed by atoms with Gasteiger partial charge in [0.15, 0.2) is 0 Å². The molecule has 20 heavy (non-hydrogen) atoms. The molecule has 1 aromatic rings. The van der Waals surface area contributed by atoms with E-state index in [4.69, 9.17) is 5.11 Å². The molecule has 0 aromatic heterocycles. The maximum atomic E-state index is 11.8. The number of hydrogen-bond donors (Lipinski definition) is 2. The van der Waals surface area contributed by atoms with Crippen LogP contribution in [0, 0.1) is 0 Å². The first-order valence-corrected chi connectivity index (χ1v) is 7.02. The summed E-state index contributed by atoms with van der Waals surface area (Å²) in [5.41, 5.74) is 1.20. The van der Waals surface area contributed by atoms with E-state index < -0.39 is 6.10 Å². The second-order valence-corrected chi connectivity index (χ2v) is 5.19. The van der Waals surface area contributed by atoms with Crippen LogP contribution < -0.4 is 0 Å². The highest BCUT2D eigenvalue weighted by Crippen LogP contribution is 2.10. The van der Waals surface area contributed by atoms with Crippen LogP contribution in [0.5, 0.6) is 0 Å². The van der Waals surface area contributed by atoms with Crippen LogP contribution >= 0.6 is 0 Å². The number of β-amino-alcohol motifs (C(OH)–C–C–N with tert-alkyl or cyclic N) is 1. The maximum absolute atomic E-state index is 11.8. The fraction of sp³-hybridized carbons (Fsp3) is 0.533. The molecule has 1 atom stereocenters. The van der Waals surface area contributed by atoms with Crippen molar-refractivity contribution in [1.82, 2.24) is 9.80 Å². The Balaban J connectivity index is 1.93. The second-order valence-electron chi connectivity index (χ2n) is 5.19. The van der Waals surface area contributed by atoms with Crippen molar-refractivity contribution in [3.8, 4) is 0 Å². The monoisotopic (exact) mass is 278 g/mol. The third kappa shape index (κ3) is 4.30. The molecule has 2 rings (SSSR count). The van der Waals surface area contributed by atoms with Crippen LogP contribution in [-0.4, -0.2) is 64.8 Å². The Morgan fingerprint density at radius 1 is 1.20 bits per heavy atom. The van der Waals surface area contributed by atoms with Gasteiger partial charge in [0.05, 0.1) is 12.7 Å². The van der Waals surface area contributed by atoms with Gasteiger partial charge in [0.1, 0.15) is 0 Å². The highest BCUT2D eigenvalue weighted by molar-refractivity contribution is 5.76. The largest absolute Gasteiger partial charge is 0.396 e. The van der Waals surface area contributed by atoms with Crippen molar-refractivity contribution in [2.24, 2.45) is 0 Å². The Morgan fingerprint density at radius 2 is 1.95 bits per heavy atom. The number of carbonyl (C=O) groups excluding carboxylic acids is 1. The highest BCUT2D eigenvalue weighted by atomic mass is 16.3. The molecule has 0 radical (unpaired) electrons.